The van der Waals surface area contributed by atoms with E-state index >= 15 is 0 Å². The van der Waals surface area contributed by atoms with Gasteiger partial charge in [-0.3, -0.25) is 0 Å². The third kappa shape index (κ3) is 3.85. The van der Waals surface area contributed by atoms with E-state index in [1.54, 1.807) is 0 Å². The zero-order valence-electron chi connectivity index (χ0n) is 10.4. The number of hydrogen-bond donors (Lipinski definition) is 0. The highest BCUT2D eigenvalue weighted by Crippen LogP contribution is 2.39. The molecule has 0 atom stereocenters. The summed E-state index contributed by atoms with van der Waals surface area (Å²) >= 11 is 5.45. The fourth-order valence-electron chi connectivity index (χ4n) is 1.68. The van der Waals surface area contributed by atoms with Crippen LogP contribution in [-0.4, -0.2) is 11.5 Å². The van der Waals surface area contributed by atoms with Crippen molar-refractivity contribution in [3.63, 3.8) is 0 Å². The van der Waals surface area contributed by atoms with Gasteiger partial charge in [-0.2, -0.15) is 13.2 Å². The van der Waals surface area contributed by atoms with Crippen LogP contribution in [0.15, 0.2) is 28.8 Å². The van der Waals surface area contributed by atoms with E-state index in [1.807, 2.05) is 0 Å². The van der Waals surface area contributed by atoms with Gasteiger partial charge >= 0.3 is 12.5 Å². The maximum Gasteiger partial charge on any atom is 0.573 e. The van der Waals surface area contributed by atoms with Crippen molar-refractivity contribution in [2.45, 2.75) is 18.4 Å². The summed E-state index contributed by atoms with van der Waals surface area (Å²) in [5.41, 5.74) is -1.97. The van der Waals surface area contributed by atoms with Crippen molar-refractivity contribution in [2.75, 3.05) is 0 Å². The summed E-state index contributed by atoms with van der Waals surface area (Å²) in [7, 11) is 0. The highest BCUT2D eigenvalue weighted by atomic mass is 35.5. The standard InChI is InChI=1S/C12H6ClF6NO2/c13-5-7-4-10(20-22-7)8-2-1-6(21-12(17,18)19)3-9(8)11(14,15)16/h1-4H,5H2. The van der Waals surface area contributed by atoms with Crippen LogP contribution in [0.25, 0.3) is 11.3 Å². The van der Waals surface area contributed by atoms with Gasteiger partial charge in [0.2, 0.25) is 0 Å². The number of ether oxygens (including phenoxy) is 1. The Morgan fingerprint density at radius 3 is 2.27 bits per heavy atom. The summed E-state index contributed by atoms with van der Waals surface area (Å²) in [6, 6.07) is 2.99. The summed E-state index contributed by atoms with van der Waals surface area (Å²) in [4.78, 5) is 0. The van der Waals surface area contributed by atoms with E-state index in [4.69, 9.17) is 11.6 Å². The van der Waals surface area contributed by atoms with Gasteiger partial charge in [-0.1, -0.05) is 5.16 Å². The minimum Gasteiger partial charge on any atom is -0.406 e. The molecule has 0 amide bonds. The Labute approximate surface area is 124 Å². The lowest BCUT2D eigenvalue weighted by atomic mass is 10.0. The van der Waals surface area contributed by atoms with E-state index in [1.165, 1.54) is 6.07 Å². The molecular formula is C12H6ClF6NO2. The largest absolute Gasteiger partial charge is 0.573 e. The number of nitrogens with zero attached hydrogens (tertiary/aromatic N) is 1. The zero-order chi connectivity index (χ0) is 16.5. The number of aromatic nitrogens is 1. The molecule has 3 nitrogen and oxygen atoms in total. The second kappa shape index (κ2) is 5.71. The molecule has 0 aliphatic carbocycles. The molecule has 10 heteroatoms. The second-order valence-electron chi connectivity index (χ2n) is 4.07. The lowest BCUT2D eigenvalue weighted by molar-refractivity contribution is -0.274. The van der Waals surface area contributed by atoms with Gasteiger partial charge in [0.05, 0.1) is 11.4 Å². The van der Waals surface area contributed by atoms with E-state index in [9.17, 15) is 26.3 Å². The smallest absolute Gasteiger partial charge is 0.406 e. The van der Waals surface area contributed by atoms with Crippen molar-refractivity contribution >= 4 is 11.6 Å². The average Bonchev–Trinajstić information content (AvgIpc) is 2.84. The van der Waals surface area contributed by atoms with Crippen LogP contribution in [0.2, 0.25) is 0 Å². The SMILES string of the molecule is FC(F)(F)Oc1ccc(-c2cc(CCl)on2)c(C(F)(F)F)c1. The molecule has 0 unspecified atom stereocenters. The van der Waals surface area contributed by atoms with E-state index in [-0.39, 0.29) is 23.4 Å². The summed E-state index contributed by atoms with van der Waals surface area (Å²) in [5.74, 6) is -0.964. The van der Waals surface area contributed by atoms with E-state index in [2.05, 4.69) is 14.4 Å². The molecule has 0 aliphatic rings. The highest BCUT2D eigenvalue weighted by molar-refractivity contribution is 6.16. The molecule has 2 rings (SSSR count). The number of halogens is 7. The molecule has 0 fully saturated rings. The Hall–Kier alpha value is -1.90. The summed E-state index contributed by atoms with van der Waals surface area (Å²) < 4.78 is 83.5. The minimum absolute atomic E-state index is 0.108. The van der Waals surface area contributed by atoms with Gasteiger partial charge in [0, 0.05) is 11.6 Å². The number of hydrogen-bond acceptors (Lipinski definition) is 3. The van der Waals surface area contributed by atoms with Crippen LogP contribution in [-0.2, 0) is 12.1 Å². The summed E-state index contributed by atoms with van der Waals surface area (Å²) in [6.45, 7) is 0. The van der Waals surface area contributed by atoms with Crippen molar-refractivity contribution in [3.05, 3.63) is 35.6 Å². The number of benzene rings is 1. The van der Waals surface area contributed by atoms with Crippen molar-refractivity contribution < 1.29 is 35.6 Å². The van der Waals surface area contributed by atoms with Gasteiger partial charge in [0.25, 0.3) is 0 Å². The number of rotatable bonds is 3. The Balaban J connectivity index is 2.50. The molecule has 2 aromatic rings. The third-order valence-corrected chi connectivity index (χ3v) is 2.76. The van der Waals surface area contributed by atoms with Crippen LogP contribution >= 0.6 is 11.6 Å². The fraction of sp³-hybridized carbons (Fsp3) is 0.250. The molecular weight excluding hydrogens is 340 g/mol. The molecule has 0 spiro atoms. The minimum atomic E-state index is -5.09. The predicted molar refractivity (Wildman–Crippen MR) is 63.2 cm³/mol. The van der Waals surface area contributed by atoms with Crippen LogP contribution in [0.3, 0.4) is 0 Å². The molecule has 0 saturated heterocycles. The molecule has 1 heterocycles. The predicted octanol–water partition coefficient (Wildman–Crippen LogP) is 5.00. The summed E-state index contributed by atoms with van der Waals surface area (Å²) in [5, 5.41) is 3.41. The molecule has 0 bridgehead atoms. The maximum atomic E-state index is 13.0. The first kappa shape index (κ1) is 16.5. The van der Waals surface area contributed by atoms with Crippen molar-refractivity contribution in [3.8, 4) is 17.0 Å². The Kier molecular flexibility index (Phi) is 4.28. The molecule has 22 heavy (non-hydrogen) atoms. The Bertz CT molecular complexity index is 664. The maximum absolute atomic E-state index is 13.0. The van der Waals surface area contributed by atoms with E-state index in [0.717, 1.165) is 12.1 Å². The molecule has 0 saturated carbocycles. The fourth-order valence-corrected chi connectivity index (χ4v) is 1.81. The Morgan fingerprint density at radius 1 is 1.09 bits per heavy atom. The first-order valence-corrected chi connectivity index (χ1v) is 6.12. The van der Waals surface area contributed by atoms with Gasteiger partial charge in [-0.15, -0.1) is 24.8 Å². The molecule has 0 aliphatic heterocycles. The van der Waals surface area contributed by atoms with E-state index in [0.29, 0.717) is 0 Å². The van der Waals surface area contributed by atoms with Crippen LogP contribution < -0.4 is 4.74 Å². The lowest BCUT2D eigenvalue weighted by Gasteiger charge is -2.14. The van der Waals surface area contributed by atoms with Crippen LogP contribution in [0, 0.1) is 0 Å². The zero-order valence-corrected chi connectivity index (χ0v) is 11.2. The Morgan fingerprint density at radius 2 is 1.77 bits per heavy atom. The molecule has 120 valence electrons. The van der Waals surface area contributed by atoms with Crippen molar-refractivity contribution in [2.24, 2.45) is 0 Å². The van der Waals surface area contributed by atoms with Crippen molar-refractivity contribution in [1.82, 2.24) is 5.16 Å². The lowest BCUT2D eigenvalue weighted by Crippen LogP contribution is -2.18. The topological polar surface area (TPSA) is 35.3 Å². The highest BCUT2D eigenvalue weighted by Gasteiger charge is 2.37. The quantitative estimate of drug-likeness (QED) is 0.580. The van der Waals surface area contributed by atoms with Crippen molar-refractivity contribution in [1.29, 1.82) is 0 Å². The molecule has 1 aromatic carbocycles. The monoisotopic (exact) mass is 345 g/mol. The van der Waals surface area contributed by atoms with Crippen LogP contribution in [0.5, 0.6) is 5.75 Å². The molecule has 1 aromatic heterocycles. The van der Waals surface area contributed by atoms with E-state index < -0.39 is 29.4 Å². The average molecular weight is 346 g/mol. The first-order valence-electron chi connectivity index (χ1n) is 5.59. The normalized spacial score (nSPS) is 12.5. The van der Waals surface area contributed by atoms with Crippen LogP contribution in [0.1, 0.15) is 11.3 Å². The second-order valence-corrected chi connectivity index (χ2v) is 4.33. The van der Waals surface area contributed by atoms with Gasteiger partial charge < -0.3 is 9.26 Å². The van der Waals surface area contributed by atoms with Gasteiger partial charge in [0.15, 0.2) is 5.76 Å². The summed E-state index contributed by atoms with van der Waals surface area (Å²) in [6.07, 6.45) is -10.00. The van der Waals surface area contributed by atoms with Gasteiger partial charge in [0.1, 0.15) is 11.4 Å². The first-order chi connectivity index (χ1) is 10.1. The molecule has 0 radical (unpaired) electrons. The van der Waals surface area contributed by atoms with Gasteiger partial charge in [-0.25, -0.2) is 0 Å². The van der Waals surface area contributed by atoms with Crippen LogP contribution in [0.4, 0.5) is 26.3 Å². The third-order valence-electron chi connectivity index (χ3n) is 2.50. The van der Waals surface area contributed by atoms with Gasteiger partial charge in [-0.05, 0) is 18.2 Å². The number of alkyl halides is 7. The molecule has 0 N–H and O–H groups in total.